The molecule has 0 aliphatic carbocycles. The summed E-state index contributed by atoms with van der Waals surface area (Å²) < 4.78 is 7.31. The largest absolute Gasteiger partial charge is 0.440 e. The number of fused-ring (bicyclic) bond motifs is 2. The lowest BCUT2D eigenvalue weighted by molar-refractivity contribution is 0.192. The molecule has 1 fully saturated rings. The van der Waals surface area contributed by atoms with Gasteiger partial charge in [0.25, 0.3) is 5.56 Å². The molecule has 1 aromatic carbocycles. The predicted molar refractivity (Wildman–Crippen MR) is 103 cm³/mol. The summed E-state index contributed by atoms with van der Waals surface area (Å²) in [6.07, 6.45) is 1.99. The molecular weight excluding hydrogens is 362 g/mol. The average Bonchev–Trinajstić information content (AvgIpc) is 3.25. The van der Waals surface area contributed by atoms with E-state index in [9.17, 15) is 4.79 Å². The number of rotatable bonds is 3. The van der Waals surface area contributed by atoms with E-state index in [-0.39, 0.29) is 5.56 Å². The van der Waals surface area contributed by atoms with Crippen LogP contribution in [0.15, 0.2) is 39.5 Å². The number of oxazole rings is 1. The molecule has 0 N–H and O–H groups in total. The molecule has 0 amide bonds. The first kappa shape index (κ1) is 16.6. The molecule has 3 aromatic heterocycles. The highest BCUT2D eigenvalue weighted by molar-refractivity contribution is 7.16. The second-order valence-corrected chi connectivity index (χ2v) is 8.13. The second-order valence-electron chi connectivity index (χ2n) is 6.97. The second kappa shape index (κ2) is 6.54. The van der Waals surface area contributed by atoms with E-state index in [0.29, 0.717) is 17.4 Å². The number of likely N-dealkylation sites (tertiary alicyclic amines) is 1. The standard InChI is InChI=1S/C19H19N5O2S/c1-12-22-24-17(25)10-14(20-19(24)27-12)11-23-8-6-13(7-9-23)18-21-15-4-2-3-5-16(15)26-18/h2-5,10,13H,6-9,11H2,1H3. The molecule has 0 bridgehead atoms. The van der Waals surface area contributed by atoms with Crippen molar-refractivity contribution in [3.8, 4) is 0 Å². The number of hydrogen-bond acceptors (Lipinski definition) is 7. The van der Waals surface area contributed by atoms with E-state index in [1.807, 2.05) is 31.2 Å². The molecule has 138 valence electrons. The molecule has 0 atom stereocenters. The van der Waals surface area contributed by atoms with Crippen molar-refractivity contribution in [3.05, 3.63) is 57.3 Å². The highest BCUT2D eigenvalue weighted by Crippen LogP contribution is 2.30. The summed E-state index contributed by atoms with van der Waals surface area (Å²) in [4.78, 5) is 24.5. The fraction of sp³-hybridized carbons (Fsp3) is 0.368. The van der Waals surface area contributed by atoms with Crippen LogP contribution in [0.3, 0.4) is 0 Å². The molecule has 4 aromatic rings. The van der Waals surface area contributed by atoms with Gasteiger partial charge in [-0.3, -0.25) is 9.69 Å². The Bertz CT molecular complexity index is 1140. The summed E-state index contributed by atoms with van der Waals surface area (Å²) >= 11 is 1.44. The van der Waals surface area contributed by atoms with Gasteiger partial charge in [0.2, 0.25) is 4.96 Å². The quantitative estimate of drug-likeness (QED) is 0.543. The van der Waals surface area contributed by atoms with Crippen LogP contribution in [0, 0.1) is 6.92 Å². The van der Waals surface area contributed by atoms with E-state index in [1.165, 1.54) is 15.9 Å². The lowest BCUT2D eigenvalue weighted by atomic mass is 9.96. The fourth-order valence-corrected chi connectivity index (χ4v) is 4.43. The van der Waals surface area contributed by atoms with Gasteiger partial charge in [-0.25, -0.2) is 9.97 Å². The first-order chi connectivity index (χ1) is 13.2. The van der Waals surface area contributed by atoms with Crippen LogP contribution in [0.2, 0.25) is 0 Å². The van der Waals surface area contributed by atoms with Crippen molar-refractivity contribution in [2.45, 2.75) is 32.2 Å². The van der Waals surface area contributed by atoms with Crippen LogP contribution in [0.25, 0.3) is 16.1 Å². The van der Waals surface area contributed by atoms with Gasteiger partial charge in [0.1, 0.15) is 10.5 Å². The van der Waals surface area contributed by atoms with E-state index in [0.717, 1.165) is 53.6 Å². The number of nitrogens with zero attached hydrogens (tertiary/aromatic N) is 5. The summed E-state index contributed by atoms with van der Waals surface area (Å²) in [5.74, 6) is 1.19. The van der Waals surface area contributed by atoms with Gasteiger partial charge in [0.05, 0.1) is 5.69 Å². The van der Waals surface area contributed by atoms with Crippen molar-refractivity contribution in [1.29, 1.82) is 0 Å². The fourth-order valence-electron chi connectivity index (χ4n) is 3.66. The monoisotopic (exact) mass is 381 g/mol. The summed E-state index contributed by atoms with van der Waals surface area (Å²) in [7, 11) is 0. The minimum absolute atomic E-state index is 0.110. The number of aromatic nitrogens is 4. The number of aryl methyl sites for hydroxylation is 1. The van der Waals surface area contributed by atoms with E-state index < -0.39 is 0 Å². The maximum atomic E-state index is 12.2. The van der Waals surface area contributed by atoms with Crippen molar-refractivity contribution in [1.82, 2.24) is 24.5 Å². The Balaban J connectivity index is 1.28. The minimum atomic E-state index is -0.110. The van der Waals surface area contributed by atoms with E-state index in [1.54, 1.807) is 6.07 Å². The topological polar surface area (TPSA) is 76.5 Å². The van der Waals surface area contributed by atoms with Gasteiger partial charge in [-0.15, -0.1) is 0 Å². The Kier molecular flexibility index (Phi) is 4.02. The van der Waals surface area contributed by atoms with Crippen LogP contribution in [0.1, 0.15) is 35.4 Å². The summed E-state index contributed by atoms with van der Waals surface area (Å²) in [6.45, 7) is 4.44. The number of piperidine rings is 1. The molecule has 1 aliphatic rings. The lowest BCUT2D eigenvalue weighted by Crippen LogP contribution is -2.33. The van der Waals surface area contributed by atoms with Crippen molar-refractivity contribution >= 4 is 27.4 Å². The third-order valence-corrected chi connectivity index (χ3v) is 5.86. The molecule has 7 nitrogen and oxygen atoms in total. The molecule has 0 spiro atoms. The highest BCUT2D eigenvalue weighted by Gasteiger charge is 2.25. The third-order valence-electron chi connectivity index (χ3n) is 5.03. The Labute approximate surface area is 159 Å². The van der Waals surface area contributed by atoms with Crippen LogP contribution >= 0.6 is 11.3 Å². The Morgan fingerprint density at radius 2 is 2.04 bits per heavy atom. The van der Waals surface area contributed by atoms with Gasteiger partial charge in [0, 0.05) is 18.5 Å². The summed E-state index contributed by atoms with van der Waals surface area (Å²) in [6, 6.07) is 9.49. The predicted octanol–water partition coefficient (Wildman–Crippen LogP) is 2.98. The molecule has 0 saturated carbocycles. The normalized spacial score (nSPS) is 16.5. The number of para-hydroxylation sites is 2. The summed E-state index contributed by atoms with van der Waals surface area (Å²) in [5, 5.41) is 5.03. The van der Waals surface area contributed by atoms with E-state index in [2.05, 4.69) is 20.0 Å². The van der Waals surface area contributed by atoms with Crippen molar-refractivity contribution < 1.29 is 4.42 Å². The molecule has 5 rings (SSSR count). The number of hydrogen-bond donors (Lipinski definition) is 0. The van der Waals surface area contributed by atoms with Crippen LogP contribution < -0.4 is 5.56 Å². The van der Waals surface area contributed by atoms with E-state index >= 15 is 0 Å². The van der Waals surface area contributed by atoms with Gasteiger partial charge in [0.15, 0.2) is 11.5 Å². The van der Waals surface area contributed by atoms with Crippen molar-refractivity contribution in [2.24, 2.45) is 0 Å². The average molecular weight is 381 g/mol. The zero-order valence-corrected chi connectivity index (χ0v) is 15.8. The van der Waals surface area contributed by atoms with Gasteiger partial charge in [-0.2, -0.15) is 9.61 Å². The first-order valence-corrected chi connectivity index (χ1v) is 9.91. The van der Waals surface area contributed by atoms with Crippen molar-refractivity contribution in [2.75, 3.05) is 13.1 Å². The minimum Gasteiger partial charge on any atom is -0.440 e. The summed E-state index contributed by atoms with van der Waals surface area (Å²) in [5.41, 5.74) is 2.48. The lowest BCUT2D eigenvalue weighted by Gasteiger charge is -2.30. The Hall–Kier alpha value is -2.58. The number of benzene rings is 1. The SMILES string of the molecule is Cc1nn2c(=O)cc(CN3CCC(c4nc5ccccc5o4)CC3)nc2s1. The van der Waals surface area contributed by atoms with Gasteiger partial charge in [-0.1, -0.05) is 23.5 Å². The molecular formula is C19H19N5O2S. The van der Waals surface area contributed by atoms with Crippen LogP contribution in [0.5, 0.6) is 0 Å². The van der Waals surface area contributed by atoms with Crippen LogP contribution in [-0.2, 0) is 6.54 Å². The molecule has 0 unspecified atom stereocenters. The van der Waals surface area contributed by atoms with Gasteiger partial charge >= 0.3 is 0 Å². The highest BCUT2D eigenvalue weighted by atomic mass is 32.1. The van der Waals surface area contributed by atoms with E-state index in [4.69, 9.17) is 4.42 Å². The third kappa shape index (κ3) is 3.15. The van der Waals surface area contributed by atoms with Gasteiger partial charge in [-0.05, 0) is 45.0 Å². The van der Waals surface area contributed by atoms with Gasteiger partial charge < -0.3 is 4.42 Å². The molecule has 8 heteroatoms. The van der Waals surface area contributed by atoms with Crippen LogP contribution in [0.4, 0.5) is 0 Å². The molecule has 27 heavy (non-hydrogen) atoms. The smallest absolute Gasteiger partial charge is 0.275 e. The zero-order valence-electron chi connectivity index (χ0n) is 15.0. The first-order valence-electron chi connectivity index (χ1n) is 9.10. The maximum Gasteiger partial charge on any atom is 0.275 e. The molecule has 0 radical (unpaired) electrons. The molecule has 1 aliphatic heterocycles. The molecule has 4 heterocycles. The maximum absolute atomic E-state index is 12.2. The Morgan fingerprint density at radius 1 is 1.22 bits per heavy atom. The zero-order chi connectivity index (χ0) is 18.4. The van der Waals surface area contributed by atoms with Crippen LogP contribution in [-0.4, -0.2) is 37.6 Å². The van der Waals surface area contributed by atoms with Crippen molar-refractivity contribution in [3.63, 3.8) is 0 Å². The Morgan fingerprint density at radius 3 is 2.85 bits per heavy atom. The molecule has 1 saturated heterocycles.